The second-order valence-corrected chi connectivity index (χ2v) is 4.22. The van der Waals surface area contributed by atoms with E-state index in [-0.39, 0.29) is 5.91 Å². The van der Waals surface area contributed by atoms with E-state index in [1.807, 2.05) is 19.9 Å². The number of amides is 1. The van der Waals surface area contributed by atoms with Crippen LogP contribution in [0.5, 0.6) is 0 Å². The van der Waals surface area contributed by atoms with Gasteiger partial charge in [0, 0.05) is 23.3 Å². The lowest BCUT2D eigenvalue weighted by molar-refractivity contribution is 0.102. The van der Waals surface area contributed by atoms with Gasteiger partial charge in [-0.15, -0.1) is 0 Å². The lowest BCUT2D eigenvalue weighted by Crippen LogP contribution is -2.13. The van der Waals surface area contributed by atoms with Crippen LogP contribution >= 0.6 is 0 Å². The molecule has 0 aliphatic rings. The fraction of sp³-hybridized carbons (Fsp3) is 0.143. The number of pyridine rings is 1. The number of aryl methyl sites for hydroxylation is 2. The number of carbonyl (C=O) groups excluding carboxylic acids is 1. The van der Waals surface area contributed by atoms with Crippen molar-refractivity contribution in [3.8, 4) is 0 Å². The SMILES string of the molecule is Cc1ccc(C(=O)Nc2cc(N)ccc2C)cn1. The molecular weight excluding hydrogens is 226 g/mol. The van der Waals surface area contributed by atoms with Crippen LogP contribution in [-0.2, 0) is 0 Å². The normalized spacial score (nSPS) is 10.1. The Morgan fingerprint density at radius 1 is 1.22 bits per heavy atom. The molecule has 0 spiro atoms. The van der Waals surface area contributed by atoms with Crippen molar-refractivity contribution in [2.75, 3.05) is 11.1 Å². The molecule has 0 bridgehead atoms. The summed E-state index contributed by atoms with van der Waals surface area (Å²) < 4.78 is 0. The molecule has 0 aliphatic heterocycles. The third kappa shape index (κ3) is 2.66. The Morgan fingerprint density at radius 3 is 2.67 bits per heavy atom. The van der Waals surface area contributed by atoms with E-state index >= 15 is 0 Å². The van der Waals surface area contributed by atoms with Gasteiger partial charge in [-0.05, 0) is 43.7 Å². The first-order valence-corrected chi connectivity index (χ1v) is 5.66. The van der Waals surface area contributed by atoms with Gasteiger partial charge in [0.05, 0.1) is 5.56 Å². The van der Waals surface area contributed by atoms with E-state index in [1.165, 1.54) is 0 Å². The number of nitrogens with one attached hydrogen (secondary N) is 1. The van der Waals surface area contributed by atoms with E-state index in [0.29, 0.717) is 11.3 Å². The van der Waals surface area contributed by atoms with Gasteiger partial charge in [-0.3, -0.25) is 9.78 Å². The molecule has 0 aliphatic carbocycles. The van der Waals surface area contributed by atoms with Crippen LogP contribution in [-0.4, -0.2) is 10.9 Å². The first-order valence-electron chi connectivity index (χ1n) is 5.66. The number of nitrogens with zero attached hydrogens (tertiary/aromatic N) is 1. The van der Waals surface area contributed by atoms with Crippen molar-refractivity contribution in [2.24, 2.45) is 0 Å². The summed E-state index contributed by atoms with van der Waals surface area (Å²) in [6, 6.07) is 8.98. The van der Waals surface area contributed by atoms with Crippen molar-refractivity contribution >= 4 is 17.3 Å². The average Bonchev–Trinajstić information content (AvgIpc) is 2.34. The van der Waals surface area contributed by atoms with E-state index in [9.17, 15) is 4.79 Å². The molecule has 0 radical (unpaired) electrons. The van der Waals surface area contributed by atoms with Crippen LogP contribution in [0.4, 0.5) is 11.4 Å². The first-order chi connectivity index (χ1) is 8.56. The van der Waals surface area contributed by atoms with Gasteiger partial charge in [-0.2, -0.15) is 0 Å². The molecule has 92 valence electrons. The number of carbonyl (C=O) groups is 1. The smallest absolute Gasteiger partial charge is 0.257 e. The number of nitrogen functional groups attached to an aromatic ring is 1. The summed E-state index contributed by atoms with van der Waals surface area (Å²) in [5, 5.41) is 2.83. The molecule has 2 aromatic rings. The van der Waals surface area contributed by atoms with Gasteiger partial charge >= 0.3 is 0 Å². The maximum absolute atomic E-state index is 12.0. The van der Waals surface area contributed by atoms with Crippen molar-refractivity contribution in [1.82, 2.24) is 4.98 Å². The fourth-order valence-electron chi connectivity index (χ4n) is 1.57. The highest BCUT2D eigenvalue weighted by molar-refractivity contribution is 6.04. The number of nitrogens with two attached hydrogens (primary N) is 1. The summed E-state index contributed by atoms with van der Waals surface area (Å²) in [4.78, 5) is 16.1. The van der Waals surface area contributed by atoms with E-state index in [2.05, 4.69) is 10.3 Å². The maximum atomic E-state index is 12.0. The van der Waals surface area contributed by atoms with Gasteiger partial charge in [0.15, 0.2) is 0 Å². The summed E-state index contributed by atoms with van der Waals surface area (Å²) in [6.45, 7) is 3.80. The molecule has 0 saturated heterocycles. The molecule has 0 fully saturated rings. The van der Waals surface area contributed by atoms with Gasteiger partial charge < -0.3 is 11.1 Å². The number of hydrogen-bond acceptors (Lipinski definition) is 3. The zero-order valence-corrected chi connectivity index (χ0v) is 10.4. The third-order valence-electron chi connectivity index (χ3n) is 2.68. The zero-order chi connectivity index (χ0) is 13.1. The van der Waals surface area contributed by atoms with Crippen molar-refractivity contribution in [3.05, 3.63) is 53.3 Å². The molecule has 0 atom stereocenters. The minimum Gasteiger partial charge on any atom is -0.399 e. The van der Waals surface area contributed by atoms with Crippen LogP contribution in [0.15, 0.2) is 36.5 Å². The lowest BCUT2D eigenvalue weighted by Gasteiger charge is -2.09. The second kappa shape index (κ2) is 4.87. The lowest BCUT2D eigenvalue weighted by atomic mass is 10.1. The molecule has 18 heavy (non-hydrogen) atoms. The summed E-state index contributed by atoms with van der Waals surface area (Å²) in [5.41, 5.74) is 9.43. The van der Waals surface area contributed by atoms with Crippen LogP contribution in [0.3, 0.4) is 0 Å². The van der Waals surface area contributed by atoms with Crippen molar-refractivity contribution in [2.45, 2.75) is 13.8 Å². The van der Waals surface area contributed by atoms with Crippen molar-refractivity contribution < 1.29 is 4.79 Å². The molecule has 4 nitrogen and oxygen atoms in total. The molecule has 3 N–H and O–H groups in total. The molecule has 1 amide bonds. The molecule has 1 aromatic heterocycles. The average molecular weight is 241 g/mol. The maximum Gasteiger partial charge on any atom is 0.257 e. The molecule has 2 rings (SSSR count). The van der Waals surface area contributed by atoms with Crippen LogP contribution in [0.1, 0.15) is 21.6 Å². The zero-order valence-electron chi connectivity index (χ0n) is 10.4. The van der Waals surface area contributed by atoms with Crippen LogP contribution in [0.2, 0.25) is 0 Å². The van der Waals surface area contributed by atoms with Crippen LogP contribution in [0, 0.1) is 13.8 Å². The van der Waals surface area contributed by atoms with Crippen LogP contribution < -0.4 is 11.1 Å². The quantitative estimate of drug-likeness (QED) is 0.794. The highest BCUT2D eigenvalue weighted by atomic mass is 16.1. The molecule has 1 heterocycles. The van der Waals surface area contributed by atoms with E-state index in [1.54, 1.807) is 30.5 Å². The van der Waals surface area contributed by atoms with Crippen LogP contribution in [0.25, 0.3) is 0 Å². The van der Waals surface area contributed by atoms with Gasteiger partial charge in [0.25, 0.3) is 5.91 Å². The number of aromatic nitrogens is 1. The standard InChI is InChI=1S/C14H15N3O/c1-9-3-6-12(15)7-13(9)17-14(18)11-5-4-10(2)16-8-11/h3-8H,15H2,1-2H3,(H,17,18). The van der Waals surface area contributed by atoms with E-state index < -0.39 is 0 Å². The minimum absolute atomic E-state index is 0.184. The van der Waals surface area contributed by atoms with Gasteiger partial charge in [0.1, 0.15) is 0 Å². The number of anilines is 2. The molecule has 1 aromatic carbocycles. The summed E-state index contributed by atoms with van der Waals surface area (Å²) in [5.74, 6) is -0.184. The molecular formula is C14H15N3O. The Bertz CT molecular complexity index is 576. The van der Waals surface area contributed by atoms with E-state index in [4.69, 9.17) is 5.73 Å². The highest BCUT2D eigenvalue weighted by Gasteiger charge is 2.08. The molecule has 4 heteroatoms. The van der Waals surface area contributed by atoms with E-state index in [0.717, 1.165) is 16.9 Å². The Balaban J connectivity index is 2.21. The van der Waals surface area contributed by atoms with Gasteiger partial charge in [0.2, 0.25) is 0 Å². The number of hydrogen-bond donors (Lipinski definition) is 2. The first kappa shape index (κ1) is 12.1. The molecule has 0 saturated carbocycles. The summed E-state index contributed by atoms with van der Waals surface area (Å²) in [6.07, 6.45) is 1.56. The predicted octanol–water partition coefficient (Wildman–Crippen LogP) is 2.53. The fourth-order valence-corrected chi connectivity index (χ4v) is 1.57. The Morgan fingerprint density at radius 2 is 2.00 bits per heavy atom. The minimum atomic E-state index is -0.184. The summed E-state index contributed by atoms with van der Waals surface area (Å²) >= 11 is 0. The van der Waals surface area contributed by atoms with Crippen molar-refractivity contribution in [1.29, 1.82) is 0 Å². The Hall–Kier alpha value is -2.36. The van der Waals surface area contributed by atoms with Gasteiger partial charge in [-0.1, -0.05) is 6.07 Å². The predicted molar refractivity (Wildman–Crippen MR) is 72.5 cm³/mol. The number of benzene rings is 1. The topological polar surface area (TPSA) is 68.0 Å². The Kier molecular flexibility index (Phi) is 3.28. The monoisotopic (exact) mass is 241 g/mol. The van der Waals surface area contributed by atoms with Gasteiger partial charge in [-0.25, -0.2) is 0 Å². The molecule has 0 unspecified atom stereocenters. The van der Waals surface area contributed by atoms with Crippen molar-refractivity contribution in [3.63, 3.8) is 0 Å². The number of rotatable bonds is 2. The largest absolute Gasteiger partial charge is 0.399 e. The highest BCUT2D eigenvalue weighted by Crippen LogP contribution is 2.18. The second-order valence-electron chi connectivity index (χ2n) is 4.22. The summed E-state index contributed by atoms with van der Waals surface area (Å²) in [7, 11) is 0. The third-order valence-corrected chi connectivity index (χ3v) is 2.68. The Labute approximate surface area is 106 Å².